The van der Waals surface area contributed by atoms with Gasteiger partial charge in [-0.1, -0.05) is 12.1 Å². The molecule has 0 bridgehead atoms. The zero-order chi connectivity index (χ0) is 15.4. The predicted molar refractivity (Wildman–Crippen MR) is 60.2 cm³/mol. The number of amides is 1. The predicted octanol–water partition coefficient (Wildman–Crippen LogP) is 1.86. The molecule has 0 saturated heterocycles. The number of carbonyl (C=O) groups excluding carboxylic acids is 1. The summed E-state index contributed by atoms with van der Waals surface area (Å²) in [5, 5.41) is 1.95. The zero-order valence-electron chi connectivity index (χ0n) is 9.78. The summed E-state index contributed by atoms with van der Waals surface area (Å²) in [4.78, 5) is 10.5. The van der Waals surface area contributed by atoms with Crippen molar-refractivity contribution in [3.8, 4) is 0 Å². The van der Waals surface area contributed by atoms with Crippen LogP contribution in [0, 0.1) is 0 Å². The van der Waals surface area contributed by atoms with E-state index in [0.717, 1.165) is 12.1 Å². The minimum Gasteiger partial charge on any atom is -0.362 e. The maximum Gasteiger partial charge on any atom is 0.411 e. The van der Waals surface area contributed by atoms with Gasteiger partial charge in [0, 0.05) is 0 Å². The van der Waals surface area contributed by atoms with Crippen molar-refractivity contribution in [3.63, 3.8) is 0 Å². The second-order valence-corrected chi connectivity index (χ2v) is 4.91. The molecule has 0 atom stereocenters. The highest BCUT2D eigenvalue weighted by Crippen LogP contribution is 2.22. The van der Waals surface area contributed by atoms with Crippen LogP contribution in [0.25, 0.3) is 0 Å². The molecule has 1 amide bonds. The monoisotopic (exact) mass is 315 g/mol. The topological polar surface area (TPSA) is 72.5 Å². The summed E-state index contributed by atoms with van der Waals surface area (Å²) in [6.07, 6.45) is -4.58. The fourth-order valence-electron chi connectivity index (χ4n) is 1.23. The molecule has 0 aromatic heterocycles. The van der Waals surface area contributed by atoms with E-state index < -0.39 is 40.4 Å². The molecule has 1 aromatic rings. The summed E-state index contributed by atoms with van der Waals surface area (Å²) < 4.78 is 73.8. The normalized spacial score (nSPS) is 12.2. The van der Waals surface area contributed by atoms with Gasteiger partial charge in [-0.15, -0.1) is 3.89 Å². The number of carbonyl (C=O) groups is 1. The van der Waals surface area contributed by atoms with Gasteiger partial charge >= 0.3 is 16.4 Å². The molecule has 0 aliphatic carbocycles. The minimum absolute atomic E-state index is 0.379. The molecule has 0 spiro atoms. The third-order valence-electron chi connectivity index (χ3n) is 1.92. The lowest BCUT2D eigenvalue weighted by molar-refractivity contribution is -0.174. The summed E-state index contributed by atoms with van der Waals surface area (Å²) in [5.41, 5.74) is -0.379. The first-order valence-corrected chi connectivity index (χ1v) is 6.46. The molecule has 0 radical (unpaired) electrons. The fourth-order valence-corrected chi connectivity index (χ4v) is 1.85. The van der Waals surface area contributed by atoms with Crippen LogP contribution in [0.1, 0.15) is 0 Å². The molecule has 0 unspecified atom stereocenters. The van der Waals surface area contributed by atoms with E-state index in [0.29, 0.717) is 0 Å². The molecule has 0 aliphatic heterocycles. The maximum atomic E-state index is 12.9. The molecule has 112 valence electrons. The van der Waals surface area contributed by atoms with Crippen molar-refractivity contribution in [2.75, 3.05) is 18.5 Å². The van der Waals surface area contributed by atoms with E-state index in [1.165, 1.54) is 12.1 Å². The molecule has 1 N–H and O–H groups in total. The number of para-hydroxylation sites is 1. The molecule has 0 aliphatic rings. The van der Waals surface area contributed by atoms with Crippen LogP contribution in [0.3, 0.4) is 0 Å². The number of ether oxygens (including phenoxy) is 1. The van der Waals surface area contributed by atoms with Crippen molar-refractivity contribution in [1.82, 2.24) is 0 Å². The van der Waals surface area contributed by atoms with Crippen LogP contribution in [-0.4, -0.2) is 33.7 Å². The number of benzene rings is 1. The van der Waals surface area contributed by atoms with Crippen molar-refractivity contribution in [2.24, 2.45) is 0 Å². The second-order valence-electron chi connectivity index (χ2n) is 3.59. The van der Waals surface area contributed by atoms with Crippen molar-refractivity contribution < 1.29 is 35.0 Å². The Morgan fingerprint density at radius 2 is 1.85 bits per heavy atom. The number of rotatable bonds is 5. The summed E-state index contributed by atoms with van der Waals surface area (Å²) in [6.45, 7) is -2.57. The van der Waals surface area contributed by atoms with Gasteiger partial charge in [-0.3, -0.25) is 4.79 Å². The van der Waals surface area contributed by atoms with E-state index in [1.807, 2.05) is 5.32 Å². The van der Waals surface area contributed by atoms with E-state index in [-0.39, 0.29) is 5.69 Å². The average Bonchev–Trinajstić information content (AvgIpc) is 2.26. The Balaban J connectivity index is 2.68. The van der Waals surface area contributed by atoms with E-state index in [4.69, 9.17) is 0 Å². The van der Waals surface area contributed by atoms with Gasteiger partial charge in [-0.05, 0) is 12.1 Å². The highest BCUT2D eigenvalue weighted by Gasteiger charge is 2.28. The van der Waals surface area contributed by atoms with E-state index in [2.05, 4.69) is 4.74 Å². The third kappa shape index (κ3) is 5.53. The summed E-state index contributed by atoms with van der Waals surface area (Å²) >= 11 is 0. The number of hydrogen-bond acceptors (Lipinski definition) is 4. The van der Waals surface area contributed by atoms with Crippen LogP contribution in [0.4, 0.5) is 22.7 Å². The molecular formula is C10H9F4NO4S. The van der Waals surface area contributed by atoms with Crippen LogP contribution in [0.5, 0.6) is 0 Å². The molecule has 0 heterocycles. The molecule has 1 rings (SSSR count). The van der Waals surface area contributed by atoms with Gasteiger partial charge in [0.2, 0.25) is 5.91 Å². The highest BCUT2D eigenvalue weighted by atomic mass is 32.3. The molecule has 1 aromatic carbocycles. The van der Waals surface area contributed by atoms with Gasteiger partial charge in [0.1, 0.15) is 18.1 Å². The highest BCUT2D eigenvalue weighted by molar-refractivity contribution is 7.86. The Bertz CT molecular complexity index is 585. The maximum absolute atomic E-state index is 12.9. The van der Waals surface area contributed by atoms with Crippen molar-refractivity contribution in [1.29, 1.82) is 0 Å². The summed E-state index contributed by atoms with van der Waals surface area (Å²) in [6, 6.07) is 4.54. The van der Waals surface area contributed by atoms with Crippen LogP contribution < -0.4 is 5.32 Å². The van der Waals surface area contributed by atoms with E-state index >= 15 is 0 Å². The SMILES string of the molecule is O=C(COCC(F)(F)F)Nc1ccccc1S(=O)(=O)F. The Morgan fingerprint density at radius 1 is 1.25 bits per heavy atom. The number of hydrogen-bond donors (Lipinski definition) is 1. The molecule has 5 nitrogen and oxygen atoms in total. The van der Waals surface area contributed by atoms with Crippen molar-refractivity contribution in [2.45, 2.75) is 11.1 Å². The number of halogens is 4. The van der Waals surface area contributed by atoms with Gasteiger partial charge in [-0.25, -0.2) is 0 Å². The lowest BCUT2D eigenvalue weighted by Gasteiger charge is -2.09. The Hall–Kier alpha value is -1.68. The summed E-state index contributed by atoms with van der Waals surface area (Å²) in [7, 11) is -5.06. The van der Waals surface area contributed by atoms with E-state index in [1.54, 1.807) is 0 Å². The van der Waals surface area contributed by atoms with Crippen LogP contribution in [0.15, 0.2) is 29.2 Å². The molecule has 10 heteroatoms. The first-order chi connectivity index (χ1) is 9.09. The van der Waals surface area contributed by atoms with Crippen LogP contribution >= 0.6 is 0 Å². The van der Waals surface area contributed by atoms with Gasteiger partial charge in [0.25, 0.3) is 0 Å². The van der Waals surface area contributed by atoms with Gasteiger partial charge in [-0.2, -0.15) is 21.6 Å². The first kappa shape index (κ1) is 16.4. The Morgan fingerprint density at radius 3 is 2.40 bits per heavy atom. The lowest BCUT2D eigenvalue weighted by Crippen LogP contribution is -2.24. The fraction of sp³-hybridized carbons (Fsp3) is 0.300. The average molecular weight is 315 g/mol. The minimum atomic E-state index is -5.06. The second kappa shape index (κ2) is 6.18. The van der Waals surface area contributed by atoms with Gasteiger partial charge < -0.3 is 10.1 Å². The number of anilines is 1. The lowest BCUT2D eigenvalue weighted by atomic mass is 10.3. The molecule has 0 saturated carbocycles. The molecule has 20 heavy (non-hydrogen) atoms. The summed E-state index contributed by atoms with van der Waals surface area (Å²) in [5.74, 6) is -1.04. The van der Waals surface area contributed by atoms with Crippen LogP contribution in [-0.2, 0) is 19.8 Å². The number of alkyl halides is 3. The van der Waals surface area contributed by atoms with E-state index in [9.17, 15) is 30.3 Å². The zero-order valence-corrected chi connectivity index (χ0v) is 10.6. The van der Waals surface area contributed by atoms with Gasteiger partial charge in [0.05, 0.1) is 5.69 Å². The van der Waals surface area contributed by atoms with Crippen molar-refractivity contribution in [3.05, 3.63) is 24.3 Å². The molecular weight excluding hydrogens is 306 g/mol. The smallest absolute Gasteiger partial charge is 0.362 e. The Labute approximate surface area is 111 Å². The molecule has 0 fully saturated rings. The quantitative estimate of drug-likeness (QED) is 0.665. The van der Waals surface area contributed by atoms with Crippen LogP contribution in [0.2, 0.25) is 0 Å². The Kier molecular flexibility index (Phi) is 5.06. The number of nitrogens with one attached hydrogen (secondary N) is 1. The first-order valence-electron chi connectivity index (χ1n) is 5.07. The standard InChI is InChI=1S/C10H9F4NO4S/c11-10(12,13)6-19-5-9(16)15-7-3-1-2-4-8(7)20(14,17)18/h1-4H,5-6H2,(H,15,16). The van der Waals surface area contributed by atoms with Crippen molar-refractivity contribution >= 4 is 21.8 Å². The van der Waals surface area contributed by atoms with Gasteiger partial charge in [0.15, 0.2) is 0 Å². The third-order valence-corrected chi connectivity index (χ3v) is 2.80. The largest absolute Gasteiger partial charge is 0.411 e.